The van der Waals surface area contributed by atoms with Gasteiger partial charge in [-0.05, 0) is 51.7 Å². The van der Waals surface area contributed by atoms with Gasteiger partial charge in [0.05, 0.1) is 47.8 Å². The van der Waals surface area contributed by atoms with Crippen LogP contribution in [0, 0.1) is 18.8 Å². The number of likely N-dealkylation sites (tertiary alicyclic amines) is 1. The zero-order chi connectivity index (χ0) is 30.8. The topological polar surface area (TPSA) is 125 Å². The standard InChI is InChI=1S/C31H40ClN3O7/c1-6-8-12-23(37)33-16-20(5)41-30(40)24-22-13-14-31(42-22)25(24)28(38)35(19(4)17-36)27(31)29(39)34(15-7-2)26-18(3)10-9-11-21(26)32/h6-7,9-11,19-20,22,24-25,27,36H,1-2,8,12-17H2,3-5H3,(H,33,37)/t19-,20-,22-,24+,25+,27-,31+/m1/s1. The van der Waals surface area contributed by atoms with E-state index in [9.17, 15) is 24.3 Å². The number of aliphatic hydroxyl groups excluding tert-OH is 1. The van der Waals surface area contributed by atoms with Crippen molar-refractivity contribution in [2.24, 2.45) is 11.8 Å². The fourth-order valence-corrected chi connectivity index (χ4v) is 6.95. The summed E-state index contributed by atoms with van der Waals surface area (Å²) >= 11 is 6.57. The van der Waals surface area contributed by atoms with Crippen molar-refractivity contribution in [1.29, 1.82) is 0 Å². The van der Waals surface area contributed by atoms with Gasteiger partial charge in [0.15, 0.2) is 0 Å². The number of halogens is 1. The fraction of sp³-hybridized carbons (Fsp3) is 0.548. The minimum absolute atomic E-state index is 0.117. The van der Waals surface area contributed by atoms with Gasteiger partial charge in [0, 0.05) is 13.0 Å². The quantitative estimate of drug-likeness (QED) is 0.263. The molecule has 3 amide bonds. The summed E-state index contributed by atoms with van der Waals surface area (Å²) in [5, 5.41) is 13.2. The Labute approximate surface area is 251 Å². The number of rotatable bonds is 13. The maximum Gasteiger partial charge on any atom is 0.312 e. The molecule has 0 saturated carbocycles. The van der Waals surface area contributed by atoms with Gasteiger partial charge in [0.25, 0.3) is 5.91 Å². The molecule has 1 aromatic carbocycles. The summed E-state index contributed by atoms with van der Waals surface area (Å²) in [6, 6.07) is 3.50. The van der Waals surface area contributed by atoms with Crippen LogP contribution in [0.15, 0.2) is 43.5 Å². The van der Waals surface area contributed by atoms with Crippen molar-refractivity contribution in [2.45, 2.75) is 76.3 Å². The Hall–Kier alpha value is -3.21. The molecule has 0 radical (unpaired) electrons. The zero-order valence-corrected chi connectivity index (χ0v) is 25.1. The van der Waals surface area contributed by atoms with Crippen LogP contribution in [-0.2, 0) is 28.7 Å². The van der Waals surface area contributed by atoms with E-state index in [1.807, 2.05) is 13.0 Å². The molecule has 7 atom stereocenters. The molecule has 0 unspecified atom stereocenters. The highest BCUT2D eigenvalue weighted by molar-refractivity contribution is 6.34. The number of carbonyl (C=O) groups excluding carboxylic acids is 4. The van der Waals surface area contributed by atoms with Crippen molar-refractivity contribution in [3.63, 3.8) is 0 Å². The summed E-state index contributed by atoms with van der Waals surface area (Å²) < 4.78 is 12.2. The first kappa shape index (κ1) is 31.7. The van der Waals surface area contributed by atoms with Gasteiger partial charge in [-0.1, -0.05) is 35.9 Å². The third kappa shape index (κ3) is 5.59. The number of benzene rings is 1. The Kier molecular flexibility index (Phi) is 9.80. The lowest BCUT2D eigenvalue weighted by Crippen LogP contribution is -2.58. The Morgan fingerprint density at radius 3 is 2.69 bits per heavy atom. The molecule has 0 aliphatic carbocycles. The number of aryl methyl sites for hydroxylation is 1. The summed E-state index contributed by atoms with van der Waals surface area (Å²) in [5.74, 6) is -3.53. The van der Waals surface area contributed by atoms with Gasteiger partial charge in [-0.2, -0.15) is 0 Å². The van der Waals surface area contributed by atoms with Crippen molar-refractivity contribution in [3.8, 4) is 0 Å². The Bertz CT molecular complexity index is 1230. The average molecular weight is 602 g/mol. The van der Waals surface area contributed by atoms with Crippen molar-refractivity contribution in [2.75, 3.05) is 24.6 Å². The first-order chi connectivity index (χ1) is 20.0. The van der Waals surface area contributed by atoms with E-state index >= 15 is 0 Å². The SMILES string of the molecule is C=CCCC(=O)NC[C@@H](C)OC(=O)[C@@H]1[C@H]2C(=O)N([C@H](C)CO)[C@H](C(=O)N(CC=C)c3c(C)cccc3Cl)[C@]23CC[C@H]1O3. The summed E-state index contributed by atoms with van der Waals surface area (Å²) in [7, 11) is 0. The molecule has 2 N–H and O–H groups in total. The number of anilines is 1. The monoisotopic (exact) mass is 601 g/mol. The van der Waals surface area contributed by atoms with Crippen LogP contribution in [0.25, 0.3) is 0 Å². The first-order valence-electron chi connectivity index (χ1n) is 14.4. The number of hydrogen-bond donors (Lipinski definition) is 2. The minimum atomic E-state index is -1.28. The number of fused-ring (bicyclic) bond motifs is 1. The van der Waals surface area contributed by atoms with E-state index in [1.54, 1.807) is 38.1 Å². The van der Waals surface area contributed by atoms with Crippen molar-refractivity contribution in [1.82, 2.24) is 10.2 Å². The van der Waals surface area contributed by atoms with E-state index in [4.69, 9.17) is 21.1 Å². The molecule has 2 bridgehead atoms. The average Bonchev–Trinajstić information content (AvgIpc) is 3.61. The second kappa shape index (κ2) is 13.0. The van der Waals surface area contributed by atoms with Gasteiger partial charge in [-0.25, -0.2) is 0 Å². The summed E-state index contributed by atoms with van der Waals surface area (Å²) in [5.41, 5.74) is -0.00945. The lowest BCUT2D eigenvalue weighted by molar-refractivity contribution is -0.159. The highest BCUT2D eigenvalue weighted by atomic mass is 35.5. The number of para-hydroxylation sites is 1. The van der Waals surface area contributed by atoms with Crippen LogP contribution in [0.3, 0.4) is 0 Å². The highest BCUT2D eigenvalue weighted by Crippen LogP contribution is 2.59. The van der Waals surface area contributed by atoms with E-state index in [0.717, 1.165) is 5.56 Å². The van der Waals surface area contributed by atoms with Crippen LogP contribution in [0.4, 0.5) is 5.69 Å². The Morgan fingerprint density at radius 2 is 2.05 bits per heavy atom. The number of hydrogen-bond acceptors (Lipinski definition) is 7. The smallest absolute Gasteiger partial charge is 0.312 e. The highest BCUT2D eigenvalue weighted by Gasteiger charge is 2.75. The predicted molar refractivity (Wildman–Crippen MR) is 158 cm³/mol. The van der Waals surface area contributed by atoms with Crippen LogP contribution >= 0.6 is 11.6 Å². The van der Waals surface area contributed by atoms with E-state index < -0.39 is 59.5 Å². The molecule has 0 aromatic heterocycles. The third-order valence-corrected chi connectivity index (χ3v) is 8.80. The van der Waals surface area contributed by atoms with Gasteiger partial charge in [0.2, 0.25) is 11.8 Å². The molecule has 1 spiro atoms. The molecular weight excluding hydrogens is 562 g/mol. The zero-order valence-electron chi connectivity index (χ0n) is 24.4. The molecule has 11 heteroatoms. The summed E-state index contributed by atoms with van der Waals surface area (Å²) in [4.78, 5) is 57.0. The first-order valence-corrected chi connectivity index (χ1v) is 14.8. The second-order valence-corrected chi connectivity index (χ2v) is 11.8. The van der Waals surface area contributed by atoms with Crippen molar-refractivity contribution < 1.29 is 33.8 Å². The molecule has 4 rings (SSSR count). The maximum atomic E-state index is 14.5. The van der Waals surface area contributed by atoms with E-state index in [2.05, 4.69) is 18.5 Å². The normalized spacial score (nSPS) is 27.3. The predicted octanol–water partition coefficient (Wildman–Crippen LogP) is 2.94. The van der Waals surface area contributed by atoms with Gasteiger partial charge < -0.3 is 29.7 Å². The molecule has 3 aliphatic rings. The van der Waals surface area contributed by atoms with E-state index in [1.165, 1.54) is 9.80 Å². The summed E-state index contributed by atoms with van der Waals surface area (Å²) in [6.07, 6.45) is 3.66. The van der Waals surface area contributed by atoms with Crippen LogP contribution in [-0.4, -0.2) is 83.3 Å². The largest absolute Gasteiger partial charge is 0.460 e. The number of aliphatic hydroxyl groups is 1. The number of nitrogens with zero attached hydrogens (tertiary/aromatic N) is 2. The molecule has 3 saturated heterocycles. The van der Waals surface area contributed by atoms with Crippen LogP contribution in [0.5, 0.6) is 0 Å². The number of allylic oxidation sites excluding steroid dienone is 1. The molecule has 3 fully saturated rings. The van der Waals surface area contributed by atoms with Crippen LogP contribution in [0.2, 0.25) is 5.02 Å². The third-order valence-electron chi connectivity index (χ3n) is 8.50. The van der Waals surface area contributed by atoms with Crippen molar-refractivity contribution in [3.05, 3.63) is 54.1 Å². The lowest BCUT2D eigenvalue weighted by Gasteiger charge is -2.39. The molecule has 228 valence electrons. The molecule has 1 aromatic rings. The van der Waals surface area contributed by atoms with E-state index in [-0.39, 0.29) is 32.0 Å². The molecule has 3 aliphatic heterocycles. The molecule has 10 nitrogen and oxygen atoms in total. The second-order valence-electron chi connectivity index (χ2n) is 11.4. The van der Waals surface area contributed by atoms with Gasteiger partial charge in [-0.15, -0.1) is 13.2 Å². The Balaban J connectivity index is 1.64. The fourth-order valence-electron chi connectivity index (χ4n) is 6.63. The lowest BCUT2D eigenvalue weighted by atomic mass is 9.70. The number of amides is 3. The van der Waals surface area contributed by atoms with Crippen LogP contribution < -0.4 is 10.2 Å². The van der Waals surface area contributed by atoms with Gasteiger partial charge in [-0.3, -0.25) is 19.2 Å². The number of nitrogens with one attached hydrogen (secondary N) is 1. The van der Waals surface area contributed by atoms with Gasteiger partial charge >= 0.3 is 5.97 Å². The number of ether oxygens (including phenoxy) is 2. The van der Waals surface area contributed by atoms with Crippen molar-refractivity contribution >= 4 is 41.0 Å². The minimum Gasteiger partial charge on any atom is -0.460 e. The maximum absolute atomic E-state index is 14.5. The van der Waals surface area contributed by atoms with Crippen LogP contribution in [0.1, 0.15) is 45.1 Å². The van der Waals surface area contributed by atoms with E-state index in [0.29, 0.717) is 30.0 Å². The molecule has 3 heterocycles. The van der Waals surface area contributed by atoms with Gasteiger partial charge in [0.1, 0.15) is 17.7 Å². The molecule has 42 heavy (non-hydrogen) atoms. The number of carbonyl (C=O) groups is 4. The summed E-state index contributed by atoms with van der Waals surface area (Å²) in [6.45, 7) is 12.4. The Morgan fingerprint density at radius 1 is 1.31 bits per heavy atom. The molecular formula is C31H40ClN3O7. The number of esters is 1.